The number of methoxy groups -OCH3 is 1. The second kappa shape index (κ2) is 6.72. The van der Waals surface area contributed by atoms with Crippen molar-refractivity contribution in [2.45, 2.75) is 19.3 Å². The summed E-state index contributed by atoms with van der Waals surface area (Å²) in [6.45, 7) is 1.68. The highest BCUT2D eigenvalue weighted by Crippen LogP contribution is 2.21. The third-order valence-corrected chi connectivity index (χ3v) is 3.58. The van der Waals surface area contributed by atoms with Crippen LogP contribution in [0.3, 0.4) is 0 Å². The predicted molar refractivity (Wildman–Crippen MR) is 81.1 cm³/mol. The van der Waals surface area contributed by atoms with Gasteiger partial charge in [-0.2, -0.15) is 0 Å². The monoisotopic (exact) mass is 301 g/mol. The van der Waals surface area contributed by atoms with E-state index in [0.717, 1.165) is 17.1 Å². The van der Waals surface area contributed by atoms with Gasteiger partial charge in [0.1, 0.15) is 19.0 Å². The van der Waals surface area contributed by atoms with E-state index in [1.54, 1.807) is 0 Å². The second-order valence-electron chi connectivity index (χ2n) is 5.23. The number of nitrogens with zero attached hydrogens (tertiary/aromatic N) is 2. The van der Waals surface area contributed by atoms with E-state index in [4.69, 9.17) is 9.47 Å². The van der Waals surface area contributed by atoms with Crippen molar-refractivity contribution in [3.63, 3.8) is 0 Å². The lowest BCUT2D eigenvalue weighted by atomic mass is 10.2. The number of benzene rings is 1. The molecule has 1 aromatic heterocycles. The number of ether oxygens (including phenoxy) is 2. The number of imidazole rings is 1. The van der Waals surface area contributed by atoms with E-state index in [0.29, 0.717) is 19.7 Å². The molecule has 2 aromatic rings. The third kappa shape index (κ3) is 3.35. The van der Waals surface area contributed by atoms with Crippen LogP contribution < -0.4 is 5.32 Å². The highest BCUT2D eigenvalue weighted by Gasteiger charge is 2.21. The SMILES string of the molecule is COCC(=O)NCC1Cn2cc(-c3ccccc3)nc2CO1. The summed E-state index contributed by atoms with van der Waals surface area (Å²) < 4.78 is 12.6. The van der Waals surface area contributed by atoms with Crippen LogP contribution in [0.2, 0.25) is 0 Å². The van der Waals surface area contributed by atoms with Gasteiger partial charge in [0.05, 0.1) is 18.3 Å². The van der Waals surface area contributed by atoms with Crippen molar-refractivity contribution >= 4 is 5.91 Å². The molecule has 1 aromatic carbocycles. The fourth-order valence-electron chi connectivity index (χ4n) is 2.47. The second-order valence-corrected chi connectivity index (χ2v) is 5.23. The van der Waals surface area contributed by atoms with Gasteiger partial charge in [0.15, 0.2) is 0 Å². The molecule has 2 heterocycles. The molecule has 0 saturated carbocycles. The maximum Gasteiger partial charge on any atom is 0.246 e. The first kappa shape index (κ1) is 14.7. The molecule has 1 N–H and O–H groups in total. The van der Waals surface area contributed by atoms with Crippen molar-refractivity contribution in [1.82, 2.24) is 14.9 Å². The van der Waals surface area contributed by atoms with Gasteiger partial charge in [-0.15, -0.1) is 0 Å². The minimum absolute atomic E-state index is 0.0499. The number of fused-ring (bicyclic) bond motifs is 1. The summed E-state index contributed by atoms with van der Waals surface area (Å²) in [6, 6.07) is 10.1. The largest absolute Gasteiger partial charge is 0.375 e. The van der Waals surface area contributed by atoms with Gasteiger partial charge in [0.25, 0.3) is 0 Å². The van der Waals surface area contributed by atoms with E-state index in [2.05, 4.69) is 14.9 Å². The zero-order chi connectivity index (χ0) is 15.4. The van der Waals surface area contributed by atoms with Gasteiger partial charge in [-0.3, -0.25) is 4.79 Å². The Morgan fingerprint density at radius 3 is 3.05 bits per heavy atom. The van der Waals surface area contributed by atoms with Crippen LogP contribution in [-0.2, 0) is 27.4 Å². The van der Waals surface area contributed by atoms with Crippen LogP contribution in [0, 0.1) is 0 Å². The molecule has 0 bridgehead atoms. The molecule has 1 unspecified atom stereocenters. The molecular formula is C16H19N3O3. The Bertz CT molecular complexity index is 639. The summed E-state index contributed by atoms with van der Waals surface area (Å²) in [7, 11) is 1.50. The van der Waals surface area contributed by atoms with Crippen LogP contribution in [0.25, 0.3) is 11.3 Å². The van der Waals surface area contributed by atoms with Gasteiger partial charge in [0, 0.05) is 25.4 Å². The van der Waals surface area contributed by atoms with Gasteiger partial charge in [0.2, 0.25) is 5.91 Å². The zero-order valence-electron chi connectivity index (χ0n) is 12.5. The molecule has 0 radical (unpaired) electrons. The number of carbonyl (C=O) groups excluding carboxylic acids is 1. The number of nitrogens with one attached hydrogen (secondary N) is 1. The summed E-state index contributed by atoms with van der Waals surface area (Å²) in [5, 5.41) is 2.80. The average Bonchev–Trinajstić information content (AvgIpc) is 2.97. The highest BCUT2D eigenvalue weighted by molar-refractivity contribution is 5.77. The van der Waals surface area contributed by atoms with Crippen molar-refractivity contribution < 1.29 is 14.3 Å². The van der Waals surface area contributed by atoms with Crippen molar-refractivity contribution in [1.29, 1.82) is 0 Å². The van der Waals surface area contributed by atoms with Crippen LogP contribution in [-0.4, -0.2) is 41.8 Å². The van der Waals surface area contributed by atoms with Crippen LogP contribution in [0.1, 0.15) is 5.82 Å². The Morgan fingerprint density at radius 1 is 1.45 bits per heavy atom. The lowest BCUT2D eigenvalue weighted by molar-refractivity contribution is -0.125. The number of hydrogen-bond donors (Lipinski definition) is 1. The molecule has 6 nitrogen and oxygen atoms in total. The maximum atomic E-state index is 11.4. The van der Waals surface area contributed by atoms with E-state index in [1.807, 2.05) is 36.5 Å². The summed E-state index contributed by atoms with van der Waals surface area (Å²) in [6.07, 6.45) is 1.99. The van der Waals surface area contributed by atoms with Crippen LogP contribution >= 0.6 is 0 Å². The summed E-state index contributed by atoms with van der Waals surface area (Å²) >= 11 is 0. The normalized spacial score (nSPS) is 17.0. The fourth-order valence-corrected chi connectivity index (χ4v) is 2.47. The highest BCUT2D eigenvalue weighted by atomic mass is 16.5. The first-order chi connectivity index (χ1) is 10.8. The van der Waals surface area contributed by atoms with E-state index in [9.17, 15) is 4.79 Å². The number of rotatable bonds is 5. The van der Waals surface area contributed by atoms with Crippen LogP contribution in [0.4, 0.5) is 0 Å². The Hall–Kier alpha value is -2.18. The maximum absolute atomic E-state index is 11.4. The molecule has 1 atom stereocenters. The van der Waals surface area contributed by atoms with Crippen LogP contribution in [0.15, 0.2) is 36.5 Å². The lowest BCUT2D eigenvalue weighted by Crippen LogP contribution is -2.39. The molecule has 1 aliphatic heterocycles. The molecule has 0 saturated heterocycles. The van der Waals surface area contributed by atoms with Gasteiger partial charge >= 0.3 is 0 Å². The Labute approximate surface area is 129 Å². The average molecular weight is 301 g/mol. The molecule has 6 heteroatoms. The van der Waals surface area contributed by atoms with Crippen molar-refractivity contribution in [3.8, 4) is 11.3 Å². The van der Waals surface area contributed by atoms with Crippen molar-refractivity contribution in [2.75, 3.05) is 20.3 Å². The summed E-state index contributed by atoms with van der Waals surface area (Å²) in [4.78, 5) is 16.0. The van der Waals surface area contributed by atoms with Crippen molar-refractivity contribution in [2.24, 2.45) is 0 Å². The molecule has 22 heavy (non-hydrogen) atoms. The molecule has 0 fully saturated rings. The van der Waals surface area contributed by atoms with Crippen molar-refractivity contribution in [3.05, 3.63) is 42.4 Å². The molecule has 116 valence electrons. The Balaban J connectivity index is 1.64. The minimum Gasteiger partial charge on any atom is -0.375 e. The van der Waals surface area contributed by atoms with Gasteiger partial charge in [-0.05, 0) is 0 Å². The molecule has 3 rings (SSSR count). The van der Waals surface area contributed by atoms with E-state index in [1.165, 1.54) is 7.11 Å². The van der Waals surface area contributed by atoms with E-state index < -0.39 is 0 Å². The molecule has 0 aliphatic carbocycles. The Kier molecular flexibility index (Phi) is 4.50. The number of aromatic nitrogens is 2. The van der Waals surface area contributed by atoms with E-state index >= 15 is 0 Å². The van der Waals surface area contributed by atoms with E-state index in [-0.39, 0.29) is 18.6 Å². The molecule has 1 amide bonds. The van der Waals surface area contributed by atoms with Gasteiger partial charge < -0.3 is 19.4 Å². The molecule has 0 spiro atoms. The summed E-state index contributed by atoms with van der Waals surface area (Å²) in [5.74, 6) is 0.783. The first-order valence-electron chi connectivity index (χ1n) is 7.25. The Morgan fingerprint density at radius 2 is 2.27 bits per heavy atom. The first-order valence-corrected chi connectivity index (χ1v) is 7.25. The number of carbonyl (C=O) groups is 1. The predicted octanol–water partition coefficient (Wildman–Crippen LogP) is 1.21. The minimum atomic E-state index is -0.132. The van der Waals surface area contributed by atoms with Gasteiger partial charge in [-0.25, -0.2) is 4.98 Å². The summed E-state index contributed by atoms with van der Waals surface area (Å²) in [5.41, 5.74) is 2.04. The quantitative estimate of drug-likeness (QED) is 0.901. The fraction of sp³-hybridized carbons (Fsp3) is 0.375. The zero-order valence-corrected chi connectivity index (χ0v) is 12.5. The third-order valence-electron chi connectivity index (χ3n) is 3.58. The number of hydrogen-bond acceptors (Lipinski definition) is 4. The topological polar surface area (TPSA) is 65.4 Å². The van der Waals surface area contributed by atoms with Crippen LogP contribution in [0.5, 0.6) is 0 Å². The van der Waals surface area contributed by atoms with Gasteiger partial charge in [-0.1, -0.05) is 30.3 Å². The molecule has 1 aliphatic rings. The standard InChI is InChI=1S/C16H19N3O3/c1-21-11-16(20)17-7-13-8-19-9-14(18-15(19)10-22-13)12-5-3-2-4-6-12/h2-6,9,13H,7-8,10-11H2,1H3,(H,17,20). The molecular weight excluding hydrogens is 282 g/mol. The smallest absolute Gasteiger partial charge is 0.246 e. The lowest BCUT2D eigenvalue weighted by Gasteiger charge is -2.24. The number of amides is 1.